The Hall–Kier alpha value is -0.790. The Morgan fingerprint density at radius 3 is 2.64 bits per heavy atom. The first-order chi connectivity index (χ1) is 10.3. The molecule has 128 valence electrons. The number of thioether (sulfide) groups is 1. The molecule has 0 spiro atoms. The van der Waals surface area contributed by atoms with Crippen molar-refractivity contribution in [3.05, 3.63) is 0 Å². The fourth-order valence-electron chi connectivity index (χ4n) is 2.15. The summed E-state index contributed by atoms with van der Waals surface area (Å²) in [5.74, 6) is 1.30. The zero-order valence-electron chi connectivity index (χ0n) is 14.1. The van der Waals surface area contributed by atoms with Crippen molar-refractivity contribution in [1.29, 1.82) is 0 Å². The Bertz CT molecular complexity index is 372. The van der Waals surface area contributed by atoms with Gasteiger partial charge in [0.15, 0.2) is 0 Å². The van der Waals surface area contributed by atoms with Crippen molar-refractivity contribution in [3.8, 4) is 0 Å². The molecule has 1 saturated heterocycles. The number of nitrogens with one attached hydrogen (secondary N) is 2. The van der Waals surface area contributed by atoms with Gasteiger partial charge in [-0.15, -0.1) is 11.8 Å². The summed E-state index contributed by atoms with van der Waals surface area (Å²) in [6, 6.07) is -0.334. The minimum atomic E-state index is -0.334. The molecule has 2 N–H and O–H groups in total. The third-order valence-electron chi connectivity index (χ3n) is 3.27. The van der Waals surface area contributed by atoms with Gasteiger partial charge < -0.3 is 20.3 Å². The third-order valence-corrected chi connectivity index (χ3v) is 4.28. The minimum absolute atomic E-state index is 0.0548. The monoisotopic (exact) mass is 331 g/mol. The van der Waals surface area contributed by atoms with Crippen molar-refractivity contribution in [1.82, 2.24) is 15.5 Å². The summed E-state index contributed by atoms with van der Waals surface area (Å²) >= 11 is 1.64. The van der Waals surface area contributed by atoms with Gasteiger partial charge in [0, 0.05) is 38.9 Å². The van der Waals surface area contributed by atoms with Crippen LogP contribution in [0.2, 0.25) is 0 Å². The number of hydrogen-bond acceptors (Lipinski definition) is 5. The Balaban J connectivity index is 2.35. The van der Waals surface area contributed by atoms with Gasteiger partial charge in [0.2, 0.25) is 11.8 Å². The summed E-state index contributed by atoms with van der Waals surface area (Å²) in [6.45, 7) is 8.79. The number of amides is 2. The molecular formula is C15H29N3O3S. The standard InChI is InChI=1S/C15H29N3O3S/c1-15(2,3)9-13(19)18-11-22-10-12(18)14(20)17-6-5-16-7-8-21-4/h12,16H,5-11H2,1-4H3,(H,17,20). The molecule has 1 atom stereocenters. The molecule has 1 aliphatic rings. The van der Waals surface area contributed by atoms with Crippen LogP contribution in [0.25, 0.3) is 0 Å². The maximum absolute atomic E-state index is 12.3. The summed E-state index contributed by atoms with van der Waals surface area (Å²) < 4.78 is 4.93. The maximum atomic E-state index is 12.3. The Morgan fingerprint density at radius 1 is 1.27 bits per heavy atom. The lowest BCUT2D eigenvalue weighted by atomic mass is 9.91. The summed E-state index contributed by atoms with van der Waals surface area (Å²) in [5.41, 5.74) is -0.0589. The molecule has 0 saturated carbocycles. The van der Waals surface area contributed by atoms with Crippen LogP contribution in [0.4, 0.5) is 0 Å². The SMILES string of the molecule is COCCNCCNC(=O)C1CSCN1C(=O)CC(C)(C)C. The van der Waals surface area contributed by atoms with Crippen molar-refractivity contribution in [2.24, 2.45) is 5.41 Å². The van der Waals surface area contributed by atoms with E-state index in [0.717, 1.165) is 6.54 Å². The number of ether oxygens (including phenoxy) is 1. The van der Waals surface area contributed by atoms with E-state index < -0.39 is 0 Å². The highest BCUT2D eigenvalue weighted by atomic mass is 32.2. The first-order valence-electron chi connectivity index (χ1n) is 7.70. The number of carbonyl (C=O) groups is 2. The number of hydrogen-bond donors (Lipinski definition) is 2. The minimum Gasteiger partial charge on any atom is -0.383 e. The molecule has 0 aromatic rings. The smallest absolute Gasteiger partial charge is 0.243 e. The van der Waals surface area contributed by atoms with E-state index in [1.807, 2.05) is 20.8 Å². The van der Waals surface area contributed by atoms with Crippen molar-refractivity contribution < 1.29 is 14.3 Å². The lowest BCUT2D eigenvalue weighted by molar-refractivity contribution is -0.139. The lowest BCUT2D eigenvalue weighted by Gasteiger charge is -2.26. The Labute approximate surface area is 137 Å². The molecule has 0 aromatic heterocycles. The predicted molar refractivity (Wildman–Crippen MR) is 89.8 cm³/mol. The molecular weight excluding hydrogens is 302 g/mol. The first-order valence-corrected chi connectivity index (χ1v) is 8.85. The zero-order chi connectivity index (χ0) is 16.6. The second-order valence-electron chi connectivity index (χ2n) is 6.65. The predicted octanol–water partition coefficient (Wildman–Crippen LogP) is 0.676. The van der Waals surface area contributed by atoms with Crippen molar-refractivity contribution in [2.45, 2.75) is 33.2 Å². The van der Waals surface area contributed by atoms with E-state index in [4.69, 9.17) is 4.74 Å². The first kappa shape index (κ1) is 19.3. The molecule has 1 fully saturated rings. The van der Waals surface area contributed by atoms with Crippen molar-refractivity contribution >= 4 is 23.6 Å². The molecule has 22 heavy (non-hydrogen) atoms. The quantitative estimate of drug-likeness (QED) is 0.640. The summed E-state index contributed by atoms with van der Waals surface area (Å²) in [6.07, 6.45) is 0.468. The molecule has 0 aliphatic carbocycles. The van der Waals surface area contributed by atoms with E-state index in [0.29, 0.717) is 37.7 Å². The van der Waals surface area contributed by atoms with Crippen LogP contribution < -0.4 is 10.6 Å². The number of rotatable bonds is 8. The van der Waals surface area contributed by atoms with Gasteiger partial charge in [-0.25, -0.2) is 0 Å². The zero-order valence-corrected chi connectivity index (χ0v) is 14.9. The van der Waals surface area contributed by atoms with Crippen LogP contribution in [0, 0.1) is 5.41 Å². The van der Waals surface area contributed by atoms with Crippen molar-refractivity contribution in [3.63, 3.8) is 0 Å². The highest BCUT2D eigenvalue weighted by Crippen LogP contribution is 2.26. The van der Waals surface area contributed by atoms with Gasteiger partial charge in [-0.1, -0.05) is 20.8 Å². The molecule has 1 unspecified atom stereocenters. The molecule has 7 heteroatoms. The highest BCUT2D eigenvalue weighted by Gasteiger charge is 2.35. The average molecular weight is 331 g/mol. The van der Waals surface area contributed by atoms with Gasteiger partial charge in [-0.3, -0.25) is 9.59 Å². The fraction of sp³-hybridized carbons (Fsp3) is 0.867. The van der Waals surface area contributed by atoms with E-state index in [1.54, 1.807) is 23.8 Å². The van der Waals surface area contributed by atoms with E-state index in [2.05, 4.69) is 10.6 Å². The third kappa shape index (κ3) is 6.98. The van der Waals surface area contributed by atoms with Crippen molar-refractivity contribution in [2.75, 3.05) is 45.0 Å². The molecule has 2 amide bonds. The van der Waals surface area contributed by atoms with Crippen LogP contribution in [0.5, 0.6) is 0 Å². The van der Waals surface area contributed by atoms with Crippen LogP contribution in [0.15, 0.2) is 0 Å². The molecule has 0 radical (unpaired) electrons. The van der Waals surface area contributed by atoms with Crippen LogP contribution in [0.1, 0.15) is 27.2 Å². The normalized spacial score (nSPS) is 18.5. The molecule has 1 aliphatic heterocycles. The molecule has 0 bridgehead atoms. The van der Waals surface area contributed by atoms with Crippen LogP contribution in [-0.2, 0) is 14.3 Å². The van der Waals surface area contributed by atoms with E-state index in [1.165, 1.54) is 0 Å². The summed E-state index contributed by atoms with van der Waals surface area (Å²) in [4.78, 5) is 26.3. The number of methoxy groups -OCH3 is 1. The van der Waals surface area contributed by atoms with Gasteiger partial charge >= 0.3 is 0 Å². The Morgan fingerprint density at radius 2 is 2.00 bits per heavy atom. The molecule has 0 aromatic carbocycles. The second-order valence-corrected chi connectivity index (χ2v) is 7.65. The maximum Gasteiger partial charge on any atom is 0.243 e. The second kappa shape index (κ2) is 9.37. The van der Waals surface area contributed by atoms with E-state index in [9.17, 15) is 9.59 Å². The molecule has 6 nitrogen and oxygen atoms in total. The Kier molecular flexibility index (Phi) is 8.20. The topological polar surface area (TPSA) is 70.7 Å². The van der Waals surface area contributed by atoms with Crippen LogP contribution >= 0.6 is 11.8 Å². The van der Waals surface area contributed by atoms with Gasteiger partial charge in [0.25, 0.3) is 0 Å². The van der Waals surface area contributed by atoms with Crippen LogP contribution in [0.3, 0.4) is 0 Å². The number of carbonyl (C=O) groups excluding carboxylic acids is 2. The van der Waals surface area contributed by atoms with Crippen LogP contribution in [-0.4, -0.2) is 67.7 Å². The largest absolute Gasteiger partial charge is 0.383 e. The highest BCUT2D eigenvalue weighted by molar-refractivity contribution is 7.99. The average Bonchev–Trinajstić information content (AvgIpc) is 2.90. The summed E-state index contributed by atoms with van der Waals surface area (Å²) in [5, 5.41) is 6.07. The number of nitrogens with zero attached hydrogens (tertiary/aromatic N) is 1. The van der Waals surface area contributed by atoms with Gasteiger partial charge in [-0.05, 0) is 5.41 Å². The van der Waals surface area contributed by atoms with Gasteiger partial charge in [0.1, 0.15) is 6.04 Å². The lowest BCUT2D eigenvalue weighted by Crippen LogP contribution is -2.49. The van der Waals surface area contributed by atoms with E-state index >= 15 is 0 Å². The molecule has 1 heterocycles. The summed E-state index contributed by atoms with van der Waals surface area (Å²) in [7, 11) is 1.66. The van der Waals surface area contributed by atoms with Gasteiger partial charge in [-0.2, -0.15) is 0 Å². The molecule has 1 rings (SSSR count). The fourth-order valence-corrected chi connectivity index (χ4v) is 3.33. The van der Waals surface area contributed by atoms with E-state index in [-0.39, 0.29) is 23.3 Å². The van der Waals surface area contributed by atoms with Gasteiger partial charge in [0.05, 0.1) is 12.5 Å².